The van der Waals surface area contributed by atoms with Crippen LogP contribution in [0.5, 0.6) is 0 Å². The first-order valence-electron chi connectivity index (χ1n) is 11.2. The number of hydrogen-bond donors (Lipinski definition) is 4. The van der Waals surface area contributed by atoms with Crippen LogP contribution in [0.2, 0.25) is 0 Å². The maximum atomic E-state index is 13.6. The highest BCUT2D eigenvalue weighted by Crippen LogP contribution is 2.41. The molecule has 192 valence electrons. The third-order valence-corrected chi connectivity index (χ3v) is 7.59. The lowest BCUT2D eigenvalue weighted by Gasteiger charge is -2.25. The monoisotopic (exact) mass is 585 g/mol. The van der Waals surface area contributed by atoms with Crippen LogP contribution in [0.3, 0.4) is 0 Å². The Kier molecular flexibility index (Phi) is 6.97. The number of carbonyl (C=O) groups excluding carboxylic acids is 3. The van der Waals surface area contributed by atoms with Crippen LogP contribution in [0.25, 0.3) is 0 Å². The van der Waals surface area contributed by atoms with Gasteiger partial charge in [-0.1, -0.05) is 46.3 Å². The van der Waals surface area contributed by atoms with E-state index in [2.05, 4.69) is 26.6 Å². The van der Waals surface area contributed by atoms with Crippen LogP contribution in [0.15, 0.2) is 41.3 Å². The molecule has 1 amide bonds. The van der Waals surface area contributed by atoms with E-state index < -0.39 is 32.3 Å². The molecule has 0 unspecified atom stereocenters. The van der Waals surface area contributed by atoms with Crippen molar-refractivity contribution in [3.05, 3.63) is 75.3 Å². The van der Waals surface area contributed by atoms with Crippen LogP contribution < -0.4 is 16.4 Å². The lowest BCUT2D eigenvalue weighted by Crippen LogP contribution is -2.25. The van der Waals surface area contributed by atoms with Crippen molar-refractivity contribution in [1.29, 1.82) is 0 Å². The molecule has 1 aliphatic rings. The molecule has 0 saturated heterocycles. The average Bonchev–Trinajstić information content (AvgIpc) is 2.82. The first kappa shape index (κ1) is 26.5. The molecule has 0 aliphatic heterocycles. The first-order chi connectivity index (χ1) is 17.4. The van der Waals surface area contributed by atoms with Gasteiger partial charge in [-0.05, 0) is 43.5 Å². The number of fused-ring (bicyclic) bond motifs is 2. The van der Waals surface area contributed by atoms with E-state index in [1.54, 1.807) is 19.1 Å². The van der Waals surface area contributed by atoms with E-state index >= 15 is 0 Å². The molecular weight excluding hydrogens is 562 g/mol. The summed E-state index contributed by atoms with van der Waals surface area (Å²) >= 11 is 3.24. The standard InChI is InChI=1S/C26H24BrN3O6S/c1-12-10-13(2)24(30-19(31)8-9-27)14(3)23(12)29-17-11-18(37(34,35)36)22(28)21-20(17)25(32)15-6-4-5-7-16(15)26(21)33/h4-7,10-11,29H,8-9,28H2,1-3H3,(H,30,31)(H,34,35,36). The maximum Gasteiger partial charge on any atom is 0.296 e. The fourth-order valence-corrected chi connectivity index (χ4v) is 5.61. The lowest BCUT2D eigenvalue weighted by molar-refractivity contribution is -0.115. The number of nitrogens with one attached hydrogen (secondary N) is 2. The Morgan fingerprint density at radius 3 is 2.11 bits per heavy atom. The molecule has 0 aromatic heterocycles. The number of halogens is 1. The van der Waals surface area contributed by atoms with Gasteiger partial charge in [-0.3, -0.25) is 18.9 Å². The fourth-order valence-electron chi connectivity index (χ4n) is 4.60. The van der Waals surface area contributed by atoms with Crippen molar-refractivity contribution in [2.45, 2.75) is 32.1 Å². The molecule has 4 rings (SSSR count). The predicted molar refractivity (Wildman–Crippen MR) is 145 cm³/mol. The number of anilines is 4. The van der Waals surface area contributed by atoms with Gasteiger partial charge in [0.2, 0.25) is 5.91 Å². The number of carbonyl (C=O) groups is 3. The van der Waals surface area contributed by atoms with E-state index in [1.807, 2.05) is 19.9 Å². The minimum Gasteiger partial charge on any atom is -0.397 e. The molecular formula is C26H24BrN3O6S. The fraction of sp³-hybridized carbons (Fsp3) is 0.192. The Labute approximate surface area is 222 Å². The topological polar surface area (TPSA) is 156 Å². The maximum absolute atomic E-state index is 13.6. The number of alkyl halides is 1. The van der Waals surface area contributed by atoms with Crippen molar-refractivity contribution in [1.82, 2.24) is 0 Å². The van der Waals surface area contributed by atoms with Crippen molar-refractivity contribution >= 4 is 66.3 Å². The number of ketones is 2. The van der Waals surface area contributed by atoms with Crippen LogP contribution >= 0.6 is 15.9 Å². The highest BCUT2D eigenvalue weighted by molar-refractivity contribution is 9.09. The summed E-state index contributed by atoms with van der Waals surface area (Å²) in [6.07, 6.45) is 0.259. The van der Waals surface area contributed by atoms with E-state index in [4.69, 9.17) is 5.73 Å². The zero-order valence-electron chi connectivity index (χ0n) is 20.2. The largest absolute Gasteiger partial charge is 0.397 e. The average molecular weight is 586 g/mol. The van der Waals surface area contributed by atoms with Crippen molar-refractivity contribution in [2.75, 3.05) is 21.7 Å². The Morgan fingerprint density at radius 1 is 0.973 bits per heavy atom. The minimum absolute atomic E-state index is 0.0162. The molecule has 9 nitrogen and oxygen atoms in total. The number of nitrogen functional groups attached to an aromatic ring is 1. The normalized spacial score (nSPS) is 12.7. The number of amides is 1. The number of aryl methyl sites for hydroxylation is 2. The molecule has 0 heterocycles. The summed E-state index contributed by atoms with van der Waals surface area (Å²) < 4.78 is 34.3. The van der Waals surface area contributed by atoms with Gasteiger partial charge in [0.05, 0.1) is 22.5 Å². The molecule has 11 heteroatoms. The van der Waals surface area contributed by atoms with E-state index in [1.165, 1.54) is 12.1 Å². The molecule has 0 spiro atoms. The molecule has 0 fully saturated rings. The van der Waals surface area contributed by atoms with E-state index in [0.717, 1.165) is 17.2 Å². The molecule has 3 aromatic carbocycles. The summed E-state index contributed by atoms with van der Waals surface area (Å²) in [5.41, 5.74) is 8.62. The van der Waals surface area contributed by atoms with Crippen molar-refractivity contribution in [2.24, 2.45) is 0 Å². The van der Waals surface area contributed by atoms with Crippen molar-refractivity contribution in [3.63, 3.8) is 0 Å². The second kappa shape index (κ2) is 9.73. The molecule has 0 bridgehead atoms. The smallest absolute Gasteiger partial charge is 0.296 e. The van der Waals surface area contributed by atoms with Crippen molar-refractivity contribution < 1.29 is 27.4 Å². The van der Waals surface area contributed by atoms with E-state index in [9.17, 15) is 27.4 Å². The van der Waals surface area contributed by atoms with Crippen LogP contribution in [-0.4, -0.2) is 35.8 Å². The minimum atomic E-state index is -4.85. The Morgan fingerprint density at radius 2 is 1.54 bits per heavy atom. The quantitative estimate of drug-likeness (QED) is 0.144. The van der Waals surface area contributed by atoms with Gasteiger partial charge in [0.1, 0.15) is 4.90 Å². The third-order valence-electron chi connectivity index (χ3n) is 6.30. The number of rotatable bonds is 6. The van der Waals surface area contributed by atoms with Gasteiger partial charge in [0.25, 0.3) is 10.1 Å². The molecule has 37 heavy (non-hydrogen) atoms. The highest BCUT2D eigenvalue weighted by Gasteiger charge is 2.36. The molecule has 1 aliphatic carbocycles. The van der Waals surface area contributed by atoms with Crippen LogP contribution in [0.4, 0.5) is 22.7 Å². The molecule has 0 radical (unpaired) electrons. The summed E-state index contributed by atoms with van der Waals surface area (Å²) in [7, 11) is -4.85. The number of benzene rings is 3. The summed E-state index contributed by atoms with van der Waals surface area (Å²) in [5, 5.41) is 6.47. The van der Waals surface area contributed by atoms with Gasteiger partial charge in [-0.2, -0.15) is 8.42 Å². The lowest BCUT2D eigenvalue weighted by atomic mass is 9.82. The summed E-state index contributed by atoms with van der Waals surface area (Å²) in [5.74, 6) is -1.35. The van der Waals surface area contributed by atoms with Gasteiger partial charge in [0.15, 0.2) is 11.6 Å². The summed E-state index contributed by atoms with van der Waals surface area (Å²) in [6.45, 7) is 5.41. The molecule has 5 N–H and O–H groups in total. The zero-order chi connectivity index (χ0) is 27.2. The van der Waals surface area contributed by atoms with Crippen LogP contribution in [0, 0.1) is 20.8 Å². The first-order valence-corrected chi connectivity index (χ1v) is 13.8. The molecule has 3 aromatic rings. The third kappa shape index (κ3) is 4.65. The summed E-state index contributed by atoms with van der Waals surface area (Å²) in [4.78, 5) is 38.6. The number of nitrogens with two attached hydrogens (primary N) is 1. The summed E-state index contributed by atoms with van der Waals surface area (Å²) in [6, 6.07) is 9.05. The highest BCUT2D eigenvalue weighted by atomic mass is 79.9. The number of hydrogen-bond acceptors (Lipinski definition) is 7. The van der Waals surface area contributed by atoms with Gasteiger partial charge < -0.3 is 16.4 Å². The zero-order valence-corrected chi connectivity index (χ0v) is 22.6. The Bertz CT molecular complexity index is 1620. The van der Waals surface area contributed by atoms with E-state index in [0.29, 0.717) is 22.3 Å². The van der Waals surface area contributed by atoms with Gasteiger partial charge in [0, 0.05) is 34.3 Å². The van der Waals surface area contributed by atoms with Crippen LogP contribution in [-0.2, 0) is 14.9 Å². The van der Waals surface area contributed by atoms with Gasteiger partial charge >= 0.3 is 0 Å². The van der Waals surface area contributed by atoms with E-state index in [-0.39, 0.29) is 40.3 Å². The van der Waals surface area contributed by atoms with Gasteiger partial charge in [-0.15, -0.1) is 0 Å². The molecule has 0 saturated carbocycles. The Hall–Kier alpha value is -3.54. The Balaban J connectivity index is 1.97. The van der Waals surface area contributed by atoms with Crippen LogP contribution in [0.1, 0.15) is 55.0 Å². The second-order valence-electron chi connectivity index (χ2n) is 8.76. The van der Waals surface area contributed by atoms with Crippen molar-refractivity contribution in [3.8, 4) is 0 Å². The second-order valence-corrected chi connectivity index (χ2v) is 10.9. The SMILES string of the molecule is Cc1cc(C)c(Nc2cc(S(=O)(=O)O)c(N)c3c2C(=O)c2ccccc2C3=O)c(C)c1NC(=O)CCBr. The predicted octanol–water partition coefficient (Wildman–Crippen LogP) is 4.68. The van der Waals surface area contributed by atoms with Gasteiger partial charge in [-0.25, -0.2) is 0 Å². The molecule has 0 atom stereocenters.